The molecule has 1 fully saturated rings. The second-order valence-electron chi connectivity index (χ2n) is 7.41. The number of amides is 1. The molecule has 1 aliphatic heterocycles. The van der Waals surface area contributed by atoms with Crippen molar-refractivity contribution in [3.8, 4) is 11.3 Å². The molecule has 2 aromatic heterocycles. The molecular weight excluding hydrogens is 348 g/mol. The Labute approximate surface area is 165 Å². The highest BCUT2D eigenvalue weighted by Crippen LogP contribution is 2.26. The number of carbonyl (C=O) groups excluding carboxylic acids is 1. The number of pyridine rings is 1. The molecule has 1 saturated heterocycles. The van der Waals surface area contributed by atoms with Crippen molar-refractivity contribution in [3.63, 3.8) is 0 Å². The van der Waals surface area contributed by atoms with Gasteiger partial charge in [0.1, 0.15) is 5.65 Å². The molecule has 1 aliphatic rings. The fourth-order valence-corrected chi connectivity index (χ4v) is 3.57. The van der Waals surface area contributed by atoms with Gasteiger partial charge in [0.15, 0.2) is 0 Å². The Morgan fingerprint density at radius 2 is 1.89 bits per heavy atom. The lowest BCUT2D eigenvalue weighted by Crippen LogP contribution is -2.32. The van der Waals surface area contributed by atoms with Gasteiger partial charge in [0, 0.05) is 37.5 Å². The molecule has 3 heterocycles. The summed E-state index contributed by atoms with van der Waals surface area (Å²) in [4.78, 5) is 19.5. The van der Waals surface area contributed by atoms with E-state index >= 15 is 0 Å². The normalized spacial score (nSPS) is 15.3. The minimum atomic E-state index is 0.0561. The van der Waals surface area contributed by atoms with Gasteiger partial charge in [0.05, 0.1) is 11.4 Å². The number of hydrogen-bond donors (Lipinski definition) is 1. The number of benzene rings is 1. The number of fused-ring (bicyclic) bond motifs is 1. The Morgan fingerprint density at radius 3 is 2.71 bits per heavy atom. The van der Waals surface area contributed by atoms with Crippen molar-refractivity contribution in [2.24, 2.45) is 0 Å². The first-order valence-electron chi connectivity index (χ1n) is 9.85. The summed E-state index contributed by atoms with van der Waals surface area (Å²) in [6, 6.07) is 12.5. The predicted molar refractivity (Wildman–Crippen MR) is 113 cm³/mol. The van der Waals surface area contributed by atoms with Gasteiger partial charge in [-0.05, 0) is 50.6 Å². The molecule has 144 valence electrons. The van der Waals surface area contributed by atoms with Gasteiger partial charge >= 0.3 is 0 Å². The van der Waals surface area contributed by atoms with E-state index in [1.165, 1.54) is 5.56 Å². The van der Waals surface area contributed by atoms with Crippen LogP contribution < -0.4 is 5.32 Å². The Balaban J connectivity index is 1.72. The van der Waals surface area contributed by atoms with E-state index in [-0.39, 0.29) is 5.91 Å². The lowest BCUT2D eigenvalue weighted by atomic mass is 10.1. The monoisotopic (exact) mass is 374 g/mol. The van der Waals surface area contributed by atoms with E-state index < -0.39 is 0 Å². The van der Waals surface area contributed by atoms with E-state index in [9.17, 15) is 4.79 Å². The van der Waals surface area contributed by atoms with E-state index in [0.29, 0.717) is 0 Å². The summed E-state index contributed by atoms with van der Waals surface area (Å²) >= 11 is 0. The SMILES string of the molecule is Cc1ccc(-c2nc3cc(C)ccn3c2/C=C/C(=O)N2CCCNCC2)cc1. The van der Waals surface area contributed by atoms with Gasteiger partial charge in [-0.15, -0.1) is 0 Å². The summed E-state index contributed by atoms with van der Waals surface area (Å²) in [5.74, 6) is 0.0561. The van der Waals surface area contributed by atoms with Crippen molar-refractivity contribution in [3.05, 3.63) is 65.5 Å². The molecule has 5 heteroatoms. The molecule has 0 spiro atoms. The smallest absolute Gasteiger partial charge is 0.246 e. The molecule has 4 rings (SSSR count). The number of carbonyl (C=O) groups is 1. The van der Waals surface area contributed by atoms with Crippen molar-refractivity contribution in [2.75, 3.05) is 26.2 Å². The number of hydrogen-bond acceptors (Lipinski definition) is 3. The van der Waals surface area contributed by atoms with Crippen LogP contribution >= 0.6 is 0 Å². The molecule has 0 saturated carbocycles. The van der Waals surface area contributed by atoms with Gasteiger partial charge in [-0.25, -0.2) is 4.98 Å². The lowest BCUT2D eigenvalue weighted by molar-refractivity contribution is -0.125. The van der Waals surface area contributed by atoms with Crippen LogP contribution in [0.25, 0.3) is 23.0 Å². The van der Waals surface area contributed by atoms with Gasteiger partial charge in [0.25, 0.3) is 0 Å². The maximum Gasteiger partial charge on any atom is 0.246 e. The fourth-order valence-electron chi connectivity index (χ4n) is 3.57. The van der Waals surface area contributed by atoms with Crippen molar-refractivity contribution in [1.82, 2.24) is 19.6 Å². The first kappa shape index (κ1) is 18.4. The molecule has 28 heavy (non-hydrogen) atoms. The van der Waals surface area contributed by atoms with Crippen LogP contribution in [0.5, 0.6) is 0 Å². The van der Waals surface area contributed by atoms with E-state index in [1.807, 2.05) is 17.2 Å². The quantitative estimate of drug-likeness (QED) is 0.715. The van der Waals surface area contributed by atoms with E-state index in [1.54, 1.807) is 6.08 Å². The minimum Gasteiger partial charge on any atom is -0.338 e. The van der Waals surface area contributed by atoms with Crippen LogP contribution in [-0.4, -0.2) is 46.4 Å². The zero-order chi connectivity index (χ0) is 19.5. The number of aryl methyl sites for hydroxylation is 2. The summed E-state index contributed by atoms with van der Waals surface area (Å²) < 4.78 is 2.05. The largest absolute Gasteiger partial charge is 0.338 e. The minimum absolute atomic E-state index is 0.0561. The van der Waals surface area contributed by atoms with Crippen molar-refractivity contribution in [2.45, 2.75) is 20.3 Å². The summed E-state index contributed by atoms with van der Waals surface area (Å²) in [7, 11) is 0. The average Bonchev–Trinajstić information content (AvgIpc) is 2.86. The molecular formula is C23H26N4O. The second-order valence-corrected chi connectivity index (χ2v) is 7.41. The third-order valence-corrected chi connectivity index (χ3v) is 5.18. The van der Waals surface area contributed by atoms with Gasteiger partial charge in [-0.1, -0.05) is 29.8 Å². The molecule has 0 radical (unpaired) electrons. The van der Waals surface area contributed by atoms with Crippen LogP contribution in [0.2, 0.25) is 0 Å². The van der Waals surface area contributed by atoms with Crippen LogP contribution in [0.4, 0.5) is 0 Å². The fraction of sp³-hybridized carbons (Fsp3) is 0.304. The van der Waals surface area contributed by atoms with Gasteiger partial charge < -0.3 is 10.2 Å². The number of rotatable bonds is 3. The summed E-state index contributed by atoms with van der Waals surface area (Å²) in [5.41, 5.74) is 6.15. The zero-order valence-electron chi connectivity index (χ0n) is 16.5. The maximum absolute atomic E-state index is 12.7. The number of imidazole rings is 1. The van der Waals surface area contributed by atoms with Crippen LogP contribution in [0.3, 0.4) is 0 Å². The van der Waals surface area contributed by atoms with Crippen LogP contribution in [0.1, 0.15) is 23.2 Å². The number of nitrogens with one attached hydrogen (secondary N) is 1. The number of aromatic nitrogens is 2. The first-order chi connectivity index (χ1) is 13.6. The highest BCUT2D eigenvalue weighted by molar-refractivity contribution is 5.93. The van der Waals surface area contributed by atoms with Crippen molar-refractivity contribution in [1.29, 1.82) is 0 Å². The third kappa shape index (κ3) is 3.85. The third-order valence-electron chi connectivity index (χ3n) is 5.18. The Kier molecular flexibility index (Phi) is 5.26. The van der Waals surface area contributed by atoms with E-state index in [2.05, 4.69) is 60.0 Å². The van der Waals surface area contributed by atoms with Crippen molar-refractivity contribution >= 4 is 17.6 Å². The molecule has 3 aromatic rings. The Hall–Kier alpha value is -2.92. The molecule has 0 bridgehead atoms. The summed E-state index contributed by atoms with van der Waals surface area (Å²) in [5, 5.41) is 3.33. The Morgan fingerprint density at radius 1 is 1.07 bits per heavy atom. The van der Waals surface area contributed by atoms with Gasteiger partial charge in [0.2, 0.25) is 5.91 Å². The predicted octanol–water partition coefficient (Wildman–Crippen LogP) is 3.45. The van der Waals surface area contributed by atoms with Gasteiger partial charge in [-0.3, -0.25) is 9.20 Å². The highest BCUT2D eigenvalue weighted by atomic mass is 16.2. The molecule has 0 atom stereocenters. The topological polar surface area (TPSA) is 49.6 Å². The average molecular weight is 374 g/mol. The van der Waals surface area contributed by atoms with E-state index in [4.69, 9.17) is 4.98 Å². The first-order valence-corrected chi connectivity index (χ1v) is 9.85. The highest BCUT2D eigenvalue weighted by Gasteiger charge is 2.15. The molecule has 1 N–H and O–H groups in total. The Bertz CT molecular complexity index is 1010. The standard InChI is InChI=1S/C23H26N4O/c1-17-4-6-19(7-5-17)23-20(27-14-10-18(2)16-21(27)25-23)8-9-22(28)26-13-3-11-24-12-15-26/h4-10,14,16,24H,3,11-13,15H2,1-2H3/b9-8+. The zero-order valence-corrected chi connectivity index (χ0v) is 16.5. The van der Waals surface area contributed by atoms with E-state index in [0.717, 1.165) is 60.8 Å². The van der Waals surface area contributed by atoms with Crippen LogP contribution in [-0.2, 0) is 4.79 Å². The molecule has 0 aliphatic carbocycles. The maximum atomic E-state index is 12.7. The van der Waals surface area contributed by atoms with Crippen LogP contribution in [0.15, 0.2) is 48.7 Å². The molecule has 1 aromatic carbocycles. The molecule has 1 amide bonds. The van der Waals surface area contributed by atoms with Crippen LogP contribution in [0, 0.1) is 13.8 Å². The molecule has 0 unspecified atom stereocenters. The molecule has 5 nitrogen and oxygen atoms in total. The van der Waals surface area contributed by atoms with Gasteiger partial charge in [-0.2, -0.15) is 0 Å². The summed E-state index contributed by atoms with van der Waals surface area (Å²) in [6.45, 7) is 7.51. The van der Waals surface area contributed by atoms with Crippen molar-refractivity contribution < 1.29 is 4.79 Å². The number of nitrogens with zero attached hydrogens (tertiary/aromatic N) is 3. The lowest BCUT2D eigenvalue weighted by Gasteiger charge is -2.17. The summed E-state index contributed by atoms with van der Waals surface area (Å²) in [6.07, 6.45) is 6.61. The second kappa shape index (κ2) is 7.98.